The highest BCUT2D eigenvalue weighted by atomic mass is 16.5. The van der Waals surface area contributed by atoms with Crippen molar-refractivity contribution in [3.8, 4) is 0 Å². The third-order valence-corrected chi connectivity index (χ3v) is 6.36. The maximum atomic E-state index is 12.9. The molecule has 1 atom stereocenters. The standard InChI is InChI=1S/C26H35N3O4/c1-5-33-26(32)24-18(3)22(19(4)28-24)11-12-23(30)29-13-7-10-21(16-29)25(31)27-15-20-9-6-8-17(2)14-20/h6,8-9,14,21,28H,5,7,10-13,15-16H2,1-4H3,(H,27,31)/t21-/m1/s1. The Morgan fingerprint density at radius 3 is 2.73 bits per heavy atom. The van der Waals surface area contributed by atoms with Crippen molar-refractivity contribution in [2.45, 2.75) is 59.9 Å². The van der Waals surface area contributed by atoms with Crippen LogP contribution in [-0.2, 0) is 27.3 Å². The van der Waals surface area contributed by atoms with E-state index in [-0.39, 0.29) is 23.7 Å². The maximum Gasteiger partial charge on any atom is 0.355 e. The Balaban J connectivity index is 1.53. The number of likely N-dealkylation sites (tertiary alicyclic amines) is 1. The molecule has 7 heteroatoms. The van der Waals surface area contributed by atoms with E-state index in [1.165, 1.54) is 5.56 Å². The predicted molar refractivity (Wildman–Crippen MR) is 127 cm³/mol. The van der Waals surface area contributed by atoms with Crippen molar-refractivity contribution in [2.24, 2.45) is 5.92 Å². The van der Waals surface area contributed by atoms with Gasteiger partial charge in [0.1, 0.15) is 5.69 Å². The van der Waals surface area contributed by atoms with Gasteiger partial charge >= 0.3 is 5.97 Å². The lowest BCUT2D eigenvalue weighted by Gasteiger charge is -2.32. The largest absolute Gasteiger partial charge is 0.461 e. The number of aryl methyl sites for hydroxylation is 2. The van der Waals surface area contributed by atoms with Crippen molar-refractivity contribution in [1.29, 1.82) is 0 Å². The number of amides is 2. The number of piperidine rings is 1. The summed E-state index contributed by atoms with van der Waals surface area (Å²) < 4.78 is 5.10. The molecule has 0 spiro atoms. The summed E-state index contributed by atoms with van der Waals surface area (Å²) in [6, 6.07) is 8.09. The summed E-state index contributed by atoms with van der Waals surface area (Å²) in [5.74, 6) is -0.501. The molecule has 178 valence electrons. The SMILES string of the molecule is CCOC(=O)c1[nH]c(C)c(CCC(=O)N2CCC[C@@H](C(=O)NCc3cccc(C)c3)C2)c1C. The minimum Gasteiger partial charge on any atom is -0.461 e. The van der Waals surface area contributed by atoms with Crippen LogP contribution in [0.1, 0.15) is 64.6 Å². The minimum absolute atomic E-state index is 0.00501. The molecule has 2 amide bonds. The van der Waals surface area contributed by atoms with Gasteiger partial charge in [-0.05, 0) is 63.6 Å². The first-order valence-electron chi connectivity index (χ1n) is 11.8. The zero-order valence-corrected chi connectivity index (χ0v) is 20.1. The summed E-state index contributed by atoms with van der Waals surface area (Å²) in [5, 5.41) is 3.03. The van der Waals surface area contributed by atoms with Gasteiger partial charge in [-0.3, -0.25) is 9.59 Å². The van der Waals surface area contributed by atoms with Gasteiger partial charge < -0.3 is 19.9 Å². The molecule has 33 heavy (non-hydrogen) atoms. The summed E-state index contributed by atoms with van der Waals surface area (Å²) in [4.78, 5) is 42.7. The number of esters is 1. The van der Waals surface area contributed by atoms with Crippen molar-refractivity contribution >= 4 is 17.8 Å². The third kappa shape index (κ3) is 6.24. The first-order valence-corrected chi connectivity index (χ1v) is 11.8. The van der Waals surface area contributed by atoms with Crippen molar-refractivity contribution in [3.05, 3.63) is 57.9 Å². The van der Waals surface area contributed by atoms with Gasteiger partial charge in [-0.15, -0.1) is 0 Å². The van der Waals surface area contributed by atoms with Gasteiger partial charge in [0.05, 0.1) is 12.5 Å². The minimum atomic E-state index is -0.369. The van der Waals surface area contributed by atoms with Crippen molar-refractivity contribution in [2.75, 3.05) is 19.7 Å². The van der Waals surface area contributed by atoms with Crippen LogP contribution in [0.5, 0.6) is 0 Å². The fraction of sp³-hybridized carbons (Fsp3) is 0.500. The van der Waals surface area contributed by atoms with Crippen LogP contribution in [-0.4, -0.2) is 47.4 Å². The average Bonchev–Trinajstić information content (AvgIpc) is 3.09. The van der Waals surface area contributed by atoms with Gasteiger partial charge in [-0.25, -0.2) is 4.79 Å². The summed E-state index contributed by atoms with van der Waals surface area (Å²) in [6.07, 6.45) is 2.51. The summed E-state index contributed by atoms with van der Waals surface area (Å²) in [7, 11) is 0. The van der Waals surface area contributed by atoms with E-state index in [1.807, 2.05) is 43.9 Å². The van der Waals surface area contributed by atoms with Crippen LogP contribution in [0.4, 0.5) is 0 Å². The van der Waals surface area contributed by atoms with E-state index in [4.69, 9.17) is 4.74 Å². The molecule has 1 aliphatic rings. The molecular weight excluding hydrogens is 418 g/mol. The Labute approximate surface area is 195 Å². The van der Waals surface area contributed by atoms with Crippen LogP contribution in [0.2, 0.25) is 0 Å². The first-order chi connectivity index (χ1) is 15.8. The molecule has 1 saturated heterocycles. The number of hydrogen-bond donors (Lipinski definition) is 2. The molecule has 1 aliphatic heterocycles. The molecule has 1 fully saturated rings. The second-order valence-corrected chi connectivity index (χ2v) is 8.83. The van der Waals surface area contributed by atoms with E-state index in [9.17, 15) is 14.4 Å². The molecule has 2 aromatic rings. The van der Waals surface area contributed by atoms with Crippen LogP contribution in [0, 0.1) is 26.7 Å². The first kappa shape index (κ1) is 24.6. The molecule has 7 nitrogen and oxygen atoms in total. The van der Waals surface area contributed by atoms with E-state index in [1.54, 1.807) is 6.92 Å². The number of rotatable bonds is 8. The van der Waals surface area contributed by atoms with Crippen molar-refractivity contribution < 1.29 is 19.1 Å². The summed E-state index contributed by atoms with van der Waals surface area (Å²) in [5.41, 5.74) is 5.40. The Morgan fingerprint density at radius 1 is 1.21 bits per heavy atom. The molecule has 1 aromatic carbocycles. The molecule has 0 saturated carbocycles. The van der Waals surface area contributed by atoms with E-state index in [0.29, 0.717) is 44.8 Å². The predicted octanol–water partition coefficient (Wildman–Crippen LogP) is 3.60. The Morgan fingerprint density at radius 2 is 2.00 bits per heavy atom. The van der Waals surface area contributed by atoms with Crippen LogP contribution in [0.3, 0.4) is 0 Å². The van der Waals surface area contributed by atoms with Gasteiger partial charge in [0, 0.05) is 31.7 Å². The van der Waals surface area contributed by atoms with Gasteiger partial charge in [0.2, 0.25) is 11.8 Å². The van der Waals surface area contributed by atoms with Crippen LogP contribution >= 0.6 is 0 Å². The van der Waals surface area contributed by atoms with Crippen LogP contribution in [0.15, 0.2) is 24.3 Å². The number of ether oxygens (including phenoxy) is 1. The van der Waals surface area contributed by atoms with E-state index >= 15 is 0 Å². The molecule has 0 radical (unpaired) electrons. The monoisotopic (exact) mass is 453 g/mol. The van der Waals surface area contributed by atoms with E-state index in [2.05, 4.69) is 16.4 Å². The highest BCUT2D eigenvalue weighted by Gasteiger charge is 2.28. The number of carbonyl (C=O) groups excluding carboxylic acids is 3. The van der Waals surface area contributed by atoms with Crippen molar-refractivity contribution in [1.82, 2.24) is 15.2 Å². The zero-order valence-electron chi connectivity index (χ0n) is 20.1. The number of nitrogens with one attached hydrogen (secondary N) is 2. The molecule has 0 bridgehead atoms. The number of nitrogens with zero attached hydrogens (tertiary/aromatic N) is 1. The zero-order chi connectivity index (χ0) is 24.0. The molecule has 2 heterocycles. The number of hydrogen-bond acceptors (Lipinski definition) is 4. The Bertz CT molecular complexity index is 1010. The van der Waals surface area contributed by atoms with Crippen molar-refractivity contribution in [3.63, 3.8) is 0 Å². The lowest BCUT2D eigenvalue weighted by molar-refractivity contribution is -0.135. The highest BCUT2D eigenvalue weighted by molar-refractivity contribution is 5.90. The molecule has 2 N–H and O–H groups in total. The molecule has 1 aromatic heterocycles. The number of aromatic nitrogens is 1. The smallest absolute Gasteiger partial charge is 0.355 e. The van der Waals surface area contributed by atoms with Crippen LogP contribution in [0.25, 0.3) is 0 Å². The highest BCUT2D eigenvalue weighted by Crippen LogP contribution is 2.22. The molecule has 3 rings (SSSR count). The summed E-state index contributed by atoms with van der Waals surface area (Å²) in [6.45, 7) is 9.55. The number of H-pyrrole nitrogens is 1. The van der Waals surface area contributed by atoms with Crippen LogP contribution < -0.4 is 5.32 Å². The quantitative estimate of drug-likeness (QED) is 0.598. The maximum absolute atomic E-state index is 12.9. The normalized spacial score (nSPS) is 15.9. The second-order valence-electron chi connectivity index (χ2n) is 8.83. The van der Waals surface area contributed by atoms with E-state index < -0.39 is 0 Å². The van der Waals surface area contributed by atoms with Gasteiger partial charge in [-0.2, -0.15) is 0 Å². The lowest BCUT2D eigenvalue weighted by Crippen LogP contribution is -2.45. The molecule has 0 aliphatic carbocycles. The number of aromatic amines is 1. The third-order valence-electron chi connectivity index (χ3n) is 6.36. The van der Waals surface area contributed by atoms with E-state index in [0.717, 1.165) is 35.2 Å². The fourth-order valence-electron chi connectivity index (χ4n) is 4.53. The Kier molecular flexibility index (Phi) is 8.31. The molecule has 0 unspecified atom stereocenters. The molecular formula is C26H35N3O4. The fourth-order valence-corrected chi connectivity index (χ4v) is 4.53. The number of benzene rings is 1. The average molecular weight is 454 g/mol. The Hall–Kier alpha value is -3.09. The lowest BCUT2D eigenvalue weighted by atomic mass is 9.96. The van der Waals surface area contributed by atoms with Gasteiger partial charge in [0.25, 0.3) is 0 Å². The van der Waals surface area contributed by atoms with Gasteiger partial charge in [0.15, 0.2) is 0 Å². The topological polar surface area (TPSA) is 91.5 Å². The summed E-state index contributed by atoms with van der Waals surface area (Å²) >= 11 is 0. The van der Waals surface area contributed by atoms with Gasteiger partial charge in [-0.1, -0.05) is 29.8 Å². The second kappa shape index (κ2) is 11.2. The number of carbonyl (C=O) groups is 3.